The minimum Gasteiger partial charge on any atom is -0.327 e. The minimum absolute atomic E-state index is 0.492. The van der Waals surface area contributed by atoms with Crippen molar-refractivity contribution in [2.45, 2.75) is 25.3 Å². The van der Waals surface area contributed by atoms with E-state index >= 15 is 0 Å². The Bertz CT molecular complexity index is 511. The second-order valence-corrected chi connectivity index (χ2v) is 4.08. The number of carbonyl (C=O) groups excluding carboxylic acids is 1. The molecule has 15 heavy (non-hydrogen) atoms. The summed E-state index contributed by atoms with van der Waals surface area (Å²) in [7, 11) is 0. The molecule has 0 N–H and O–H groups in total. The third-order valence-corrected chi connectivity index (χ3v) is 2.90. The van der Waals surface area contributed by atoms with Gasteiger partial charge in [0.1, 0.15) is 6.29 Å². The molecule has 1 aliphatic rings. The molecule has 1 fully saturated rings. The number of aromatic nitrogens is 2. The third kappa shape index (κ3) is 1.44. The van der Waals surface area contributed by atoms with Gasteiger partial charge < -0.3 is 9.36 Å². The Labute approximate surface area is 87.7 Å². The molecule has 0 saturated heterocycles. The predicted molar refractivity (Wildman–Crippen MR) is 57.8 cm³/mol. The molecular weight excluding hydrogens is 188 g/mol. The lowest BCUT2D eigenvalue weighted by Crippen LogP contribution is -1.92. The molecule has 3 rings (SSSR count). The molecule has 0 amide bonds. The highest BCUT2D eigenvalue weighted by Crippen LogP contribution is 2.37. The van der Waals surface area contributed by atoms with Gasteiger partial charge in [-0.1, -0.05) is 6.07 Å². The fourth-order valence-corrected chi connectivity index (χ4v) is 1.94. The van der Waals surface area contributed by atoms with E-state index < -0.39 is 0 Å². The number of hydrogen-bond donors (Lipinski definition) is 0. The molecule has 1 saturated carbocycles. The number of hydrogen-bond acceptors (Lipinski definition) is 2. The average Bonchev–Trinajstić information content (AvgIpc) is 3.00. The molecule has 3 nitrogen and oxygen atoms in total. The van der Waals surface area contributed by atoms with Gasteiger partial charge in [-0.3, -0.25) is 0 Å². The van der Waals surface area contributed by atoms with Crippen LogP contribution in [-0.2, 0) is 11.2 Å². The summed E-state index contributed by atoms with van der Waals surface area (Å²) in [6.07, 6.45) is 5.85. The van der Waals surface area contributed by atoms with Crippen LogP contribution in [0.3, 0.4) is 0 Å². The van der Waals surface area contributed by atoms with Crippen molar-refractivity contribution in [2.24, 2.45) is 0 Å². The van der Waals surface area contributed by atoms with Crippen LogP contribution in [0.2, 0.25) is 0 Å². The summed E-state index contributed by atoms with van der Waals surface area (Å²) in [5.74, 6) is 0. The summed E-state index contributed by atoms with van der Waals surface area (Å²) in [6.45, 7) is 0. The quantitative estimate of drug-likeness (QED) is 0.711. The third-order valence-electron chi connectivity index (χ3n) is 2.90. The van der Waals surface area contributed by atoms with Gasteiger partial charge in [-0.2, -0.15) is 0 Å². The van der Waals surface area contributed by atoms with Crippen molar-refractivity contribution in [3.63, 3.8) is 0 Å². The molecule has 2 aromatic rings. The van der Waals surface area contributed by atoms with Gasteiger partial charge in [0.2, 0.25) is 0 Å². The van der Waals surface area contributed by atoms with E-state index in [1.54, 1.807) is 0 Å². The molecule has 3 heteroatoms. The molecular formula is C12H12N2O. The van der Waals surface area contributed by atoms with E-state index in [4.69, 9.17) is 0 Å². The monoisotopic (exact) mass is 200 g/mol. The summed E-state index contributed by atoms with van der Waals surface area (Å²) < 4.78 is 2.23. The van der Waals surface area contributed by atoms with E-state index in [9.17, 15) is 4.79 Å². The standard InChI is InChI=1S/C12H12N2O/c15-6-5-9-1-4-11-12(7-9)14(8-13-11)10-2-3-10/h1,4,6-8,10H,2-3,5H2. The average molecular weight is 200 g/mol. The van der Waals surface area contributed by atoms with E-state index in [-0.39, 0.29) is 0 Å². The Morgan fingerprint density at radius 1 is 1.47 bits per heavy atom. The lowest BCUT2D eigenvalue weighted by molar-refractivity contribution is -0.107. The maximum absolute atomic E-state index is 10.5. The van der Waals surface area contributed by atoms with Crippen LogP contribution in [0.15, 0.2) is 24.5 Å². The van der Waals surface area contributed by atoms with Gasteiger partial charge in [-0.05, 0) is 30.5 Å². The number of rotatable bonds is 3. The van der Waals surface area contributed by atoms with E-state index in [0.29, 0.717) is 12.5 Å². The van der Waals surface area contributed by atoms with Crippen molar-refractivity contribution in [1.29, 1.82) is 0 Å². The van der Waals surface area contributed by atoms with Gasteiger partial charge in [0.05, 0.1) is 17.4 Å². The van der Waals surface area contributed by atoms with Gasteiger partial charge in [0.15, 0.2) is 0 Å². The van der Waals surface area contributed by atoms with Crippen molar-refractivity contribution in [1.82, 2.24) is 9.55 Å². The molecule has 1 aliphatic carbocycles. The molecule has 0 atom stereocenters. The van der Waals surface area contributed by atoms with Gasteiger partial charge >= 0.3 is 0 Å². The molecule has 76 valence electrons. The van der Waals surface area contributed by atoms with Crippen LogP contribution in [-0.4, -0.2) is 15.8 Å². The molecule has 0 aliphatic heterocycles. The number of imidazole rings is 1. The van der Waals surface area contributed by atoms with Gasteiger partial charge in [-0.15, -0.1) is 0 Å². The highest BCUT2D eigenvalue weighted by molar-refractivity contribution is 5.77. The van der Waals surface area contributed by atoms with Crippen LogP contribution in [0.25, 0.3) is 11.0 Å². The SMILES string of the molecule is O=CCc1ccc2ncn(C3CC3)c2c1. The summed E-state index contributed by atoms with van der Waals surface area (Å²) in [6, 6.07) is 6.68. The molecule has 1 aromatic carbocycles. The first-order valence-corrected chi connectivity index (χ1v) is 5.27. The summed E-state index contributed by atoms with van der Waals surface area (Å²) >= 11 is 0. The molecule has 0 bridgehead atoms. The zero-order valence-electron chi connectivity index (χ0n) is 8.39. The minimum atomic E-state index is 0.492. The molecule has 0 spiro atoms. The number of benzene rings is 1. The van der Waals surface area contributed by atoms with Crippen molar-refractivity contribution in [3.05, 3.63) is 30.1 Å². The topological polar surface area (TPSA) is 34.9 Å². The van der Waals surface area contributed by atoms with E-state index in [1.807, 2.05) is 18.5 Å². The van der Waals surface area contributed by atoms with E-state index in [1.165, 1.54) is 12.8 Å². The first-order valence-electron chi connectivity index (χ1n) is 5.27. The Balaban J connectivity index is 2.13. The Morgan fingerprint density at radius 2 is 2.33 bits per heavy atom. The number of carbonyl (C=O) groups is 1. The number of aldehydes is 1. The van der Waals surface area contributed by atoms with E-state index in [2.05, 4.69) is 15.6 Å². The lowest BCUT2D eigenvalue weighted by atomic mass is 10.1. The van der Waals surface area contributed by atoms with Crippen LogP contribution in [0.5, 0.6) is 0 Å². The van der Waals surface area contributed by atoms with Gasteiger partial charge in [0.25, 0.3) is 0 Å². The highest BCUT2D eigenvalue weighted by atomic mass is 16.1. The van der Waals surface area contributed by atoms with Crippen LogP contribution < -0.4 is 0 Å². The smallest absolute Gasteiger partial charge is 0.124 e. The summed E-state index contributed by atoms with van der Waals surface area (Å²) in [4.78, 5) is 14.8. The maximum Gasteiger partial charge on any atom is 0.124 e. The predicted octanol–water partition coefficient (Wildman–Crippen LogP) is 2.11. The van der Waals surface area contributed by atoms with Crippen LogP contribution in [0.4, 0.5) is 0 Å². The summed E-state index contributed by atoms with van der Waals surface area (Å²) in [5, 5.41) is 0. The van der Waals surface area contributed by atoms with Crippen LogP contribution in [0, 0.1) is 0 Å². The summed E-state index contributed by atoms with van der Waals surface area (Å²) in [5.41, 5.74) is 3.26. The fourth-order valence-electron chi connectivity index (χ4n) is 1.94. The maximum atomic E-state index is 10.5. The molecule has 1 heterocycles. The number of fused-ring (bicyclic) bond motifs is 1. The van der Waals surface area contributed by atoms with Gasteiger partial charge in [-0.25, -0.2) is 4.98 Å². The van der Waals surface area contributed by atoms with Crippen molar-refractivity contribution in [3.8, 4) is 0 Å². The Morgan fingerprint density at radius 3 is 3.07 bits per heavy atom. The zero-order valence-corrected chi connectivity index (χ0v) is 8.39. The second-order valence-electron chi connectivity index (χ2n) is 4.08. The normalized spacial score (nSPS) is 15.7. The Hall–Kier alpha value is -1.64. The molecule has 1 aromatic heterocycles. The second kappa shape index (κ2) is 3.19. The zero-order chi connectivity index (χ0) is 10.3. The highest BCUT2D eigenvalue weighted by Gasteiger charge is 2.24. The van der Waals surface area contributed by atoms with Crippen LogP contribution in [0.1, 0.15) is 24.4 Å². The van der Waals surface area contributed by atoms with Crippen LogP contribution >= 0.6 is 0 Å². The largest absolute Gasteiger partial charge is 0.327 e. The van der Waals surface area contributed by atoms with Crippen molar-refractivity contribution >= 4 is 17.3 Å². The van der Waals surface area contributed by atoms with Crippen molar-refractivity contribution < 1.29 is 4.79 Å². The number of nitrogens with zero attached hydrogens (tertiary/aromatic N) is 2. The van der Waals surface area contributed by atoms with Gasteiger partial charge in [0, 0.05) is 12.5 Å². The van der Waals surface area contributed by atoms with Crippen molar-refractivity contribution in [2.75, 3.05) is 0 Å². The first kappa shape index (κ1) is 8.65. The Kier molecular flexibility index (Phi) is 1.84. The lowest BCUT2D eigenvalue weighted by Gasteiger charge is -2.01. The first-order chi connectivity index (χ1) is 7.38. The van der Waals surface area contributed by atoms with E-state index in [0.717, 1.165) is 22.9 Å². The molecule has 0 radical (unpaired) electrons. The fraction of sp³-hybridized carbons (Fsp3) is 0.333. The molecule has 0 unspecified atom stereocenters.